The number of aliphatic hydroxyl groups excluding tert-OH is 1. The Kier molecular flexibility index (Phi) is 8.97. The van der Waals surface area contributed by atoms with Crippen LogP contribution in [0.15, 0.2) is 54.9 Å². The van der Waals surface area contributed by atoms with Gasteiger partial charge in [0.25, 0.3) is 5.91 Å². The summed E-state index contributed by atoms with van der Waals surface area (Å²) in [6, 6.07) is 10.4. The van der Waals surface area contributed by atoms with Gasteiger partial charge >= 0.3 is 6.18 Å². The quantitative estimate of drug-likeness (QED) is 0.186. The fourth-order valence-electron chi connectivity index (χ4n) is 4.48. The number of carbonyl (C=O) groups excluding carboxylic acids is 1. The number of nitrogens with one attached hydrogen (secondary N) is 3. The molecule has 0 unspecified atom stereocenters. The number of amides is 1. The second kappa shape index (κ2) is 13.0. The minimum Gasteiger partial charge on any atom is -0.396 e. The molecule has 1 fully saturated rings. The van der Waals surface area contributed by atoms with Crippen molar-refractivity contribution in [3.63, 3.8) is 0 Å². The lowest BCUT2D eigenvalue weighted by Gasteiger charge is -2.28. The normalized spacial score (nSPS) is 13.9. The maximum absolute atomic E-state index is 13.9. The molecule has 1 aliphatic heterocycles. The minimum atomic E-state index is -4.60. The lowest BCUT2D eigenvalue weighted by atomic mass is 10.0. The van der Waals surface area contributed by atoms with Gasteiger partial charge in [0, 0.05) is 63.2 Å². The van der Waals surface area contributed by atoms with Gasteiger partial charge in [-0.3, -0.25) is 9.69 Å². The zero-order valence-electron chi connectivity index (χ0n) is 22.6. The van der Waals surface area contributed by atoms with E-state index in [1.807, 2.05) is 4.90 Å². The van der Waals surface area contributed by atoms with E-state index in [0.717, 1.165) is 19.2 Å². The summed E-state index contributed by atoms with van der Waals surface area (Å²) in [7, 11) is 0. The van der Waals surface area contributed by atoms with E-state index in [9.17, 15) is 18.0 Å². The van der Waals surface area contributed by atoms with Crippen LogP contribution in [0, 0.1) is 11.8 Å². The van der Waals surface area contributed by atoms with Gasteiger partial charge in [-0.2, -0.15) is 13.2 Å². The van der Waals surface area contributed by atoms with Crippen molar-refractivity contribution >= 4 is 23.2 Å². The third-order valence-corrected chi connectivity index (χ3v) is 6.62. The number of aliphatic hydroxyl groups is 1. The number of benzene rings is 1. The van der Waals surface area contributed by atoms with Crippen molar-refractivity contribution in [1.82, 2.24) is 29.8 Å². The molecule has 4 N–H and O–H groups in total. The van der Waals surface area contributed by atoms with Gasteiger partial charge in [-0.15, -0.1) is 5.10 Å². The monoisotopic (exact) mass is 578 g/mol. The van der Waals surface area contributed by atoms with E-state index < -0.39 is 17.6 Å². The molecule has 1 aromatic carbocycles. The van der Waals surface area contributed by atoms with Gasteiger partial charge in [0.2, 0.25) is 0 Å². The van der Waals surface area contributed by atoms with Gasteiger partial charge in [-0.1, -0.05) is 12.0 Å². The van der Waals surface area contributed by atoms with Crippen molar-refractivity contribution in [1.29, 1.82) is 0 Å². The molecule has 5 rings (SSSR count). The number of hydrogen-bond donors (Lipinski definition) is 4. The van der Waals surface area contributed by atoms with E-state index in [-0.39, 0.29) is 30.1 Å². The van der Waals surface area contributed by atoms with Crippen molar-refractivity contribution in [2.24, 2.45) is 0 Å². The average Bonchev–Trinajstić information content (AvgIpc) is 3.39. The van der Waals surface area contributed by atoms with Crippen LogP contribution < -0.4 is 16.0 Å². The summed E-state index contributed by atoms with van der Waals surface area (Å²) in [5, 5.41) is 22.3. The minimum absolute atomic E-state index is 0.0728. The van der Waals surface area contributed by atoms with E-state index in [0.29, 0.717) is 48.8 Å². The van der Waals surface area contributed by atoms with E-state index in [2.05, 4.69) is 42.9 Å². The highest BCUT2D eigenvalue weighted by molar-refractivity contribution is 6.04. The number of nitrogens with zero attached hydrogens (tertiary/aromatic N) is 5. The number of fused-ring (bicyclic) bond motifs is 1. The predicted molar refractivity (Wildman–Crippen MR) is 151 cm³/mol. The molecule has 0 atom stereocenters. The Labute approximate surface area is 240 Å². The molecular weight excluding hydrogens is 549 g/mol. The van der Waals surface area contributed by atoms with Crippen LogP contribution in [0.2, 0.25) is 0 Å². The number of halogens is 3. The molecule has 10 nitrogen and oxygen atoms in total. The average molecular weight is 579 g/mol. The van der Waals surface area contributed by atoms with Crippen LogP contribution in [0.1, 0.15) is 39.2 Å². The fraction of sp³-hybridized carbons (Fsp3) is 0.310. The zero-order valence-corrected chi connectivity index (χ0v) is 22.6. The van der Waals surface area contributed by atoms with Crippen LogP contribution >= 0.6 is 0 Å². The Hall–Kier alpha value is -4.51. The standard InChI is InChI=1S/C29H29F3N8O2/c30-29(31,32)24-17-21(3-4-22(24)19-39-13-11-33-12-14-39)28(42)37-26-16-20(8-10-35-26)2-5-23-18-36-27-7-6-25(38-40(23)27)34-9-1-15-41/h3-4,6-8,10,16-18,33,41H,1,9,11-15,19H2,(H,34,38)(H,35,37,42). The highest BCUT2D eigenvalue weighted by Crippen LogP contribution is 2.33. The largest absolute Gasteiger partial charge is 0.416 e. The SMILES string of the molecule is O=C(Nc1cc(C#Cc2cnc3ccc(NCCCO)nn23)ccn1)c1ccc(CN2CCNCC2)c(C(F)(F)F)c1. The number of rotatable bonds is 8. The highest BCUT2D eigenvalue weighted by Gasteiger charge is 2.34. The van der Waals surface area contributed by atoms with Gasteiger partial charge in [0.1, 0.15) is 17.3 Å². The van der Waals surface area contributed by atoms with Crippen molar-refractivity contribution < 1.29 is 23.1 Å². The Morgan fingerprint density at radius 3 is 2.67 bits per heavy atom. The summed E-state index contributed by atoms with van der Waals surface area (Å²) in [5.41, 5.74) is 0.839. The molecule has 1 saturated heterocycles. The highest BCUT2D eigenvalue weighted by atomic mass is 19.4. The number of hydrogen-bond acceptors (Lipinski definition) is 8. The van der Waals surface area contributed by atoms with Crippen LogP contribution in [-0.2, 0) is 12.7 Å². The summed E-state index contributed by atoms with van der Waals surface area (Å²) >= 11 is 0. The van der Waals surface area contributed by atoms with Gasteiger partial charge in [-0.25, -0.2) is 14.5 Å². The molecule has 1 aliphatic rings. The third kappa shape index (κ3) is 7.22. The van der Waals surface area contributed by atoms with E-state index in [4.69, 9.17) is 5.11 Å². The predicted octanol–water partition coefficient (Wildman–Crippen LogP) is 2.99. The molecule has 4 aromatic rings. The first-order valence-electron chi connectivity index (χ1n) is 13.4. The van der Waals surface area contributed by atoms with Crippen molar-refractivity contribution in [3.05, 3.63) is 82.8 Å². The van der Waals surface area contributed by atoms with E-state index >= 15 is 0 Å². The lowest BCUT2D eigenvalue weighted by Crippen LogP contribution is -2.43. The third-order valence-electron chi connectivity index (χ3n) is 6.62. The maximum atomic E-state index is 13.9. The molecular formula is C29H29F3N8O2. The fourth-order valence-corrected chi connectivity index (χ4v) is 4.48. The summed E-state index contributed by atoms with van der Waals surface area (Å²) in [4.78, 5) is 23.3. The molecule has 0 radical (unpaired) electrons. The smallest absolute Gasteiger partial charge is 0.396 e. The van der Waals surface area contributed by atoms with Crippen LogP contribution in [0.4, 0.5) is 24.8 Å². The van der Waals surface area contributed by atoms with Gasteiger partial charge in [0.15, 0.2) is 5.65 Å². The number of pyridine rings is 1. The Morgan fingerprint density at radius 2 is 1.88 bits per heavy atom. The maximum Gasteiger partial charge on any atom is 0.416 e. The summed E-state index contributed by atoms with van der Waals surface area (Å²) in [5.74, 6) is 6.04. The number of alkyl halides is 3. The Bertz CT molecular complexity index is 1620. The van der Waals surface area contributed by atoms with Crippen molar-refractivity contribution in [3.8, 4) is 11.8 Å². The number of imidazole rings is 1. The summed E-state index contributed by atoms with van der Waals surface area (Å²) in [6.07, 6.45) is -0.979. The van der Waals surface area contributed by atoms with E-state index in [1.165, 1.54) is 24.4 Å². The molecule has 4 heterocycles. The first-order chi connectivity index (χ1) is 20.3. The van der Waals surface area contributed by atoms with Crippen molar-refractivity contribution in [2.75, 3.05) is 50.0 Å². The van der Waals surface area contributed by atoms with Crippen LogP contribution in [0.5, 0.6) is 0 Å². The number of piperazine rings is 1. The second-order valence-electron chi connectivity index (χ2n) is 9.67. The van der Waals surface area contributed by atoms with Crippen LogP contribution in [0.3, 0.4) is 0 Å². The lowest BCUT2D eigenvalue weighted by molar-refractivity contribution is -0.138. The molecule has 3 aromatic heterocycles. The summed E-state index contributed by atoms with van der Waals surface area (Å²) < 4.78 is 43.3. The number of carbonyl (C=O) groups is 1. The Morgan fingerprint density at radius 1 is 1.05 bits per heavy atom. The molecule has 0 saturated carbocycles. The van der Waals surface area contributed by atoms with Crippen molar-refractivity contribution in [2.45, 2.75) is 19.1 Å². The van der Waals surface area contributed by atoms with Gasteiger partial charge in [-0.05, 0) is 54.3 Å². The molecule has 218 valence electrons. The van der Waals surface area contributed by atoms with Gasteiger partial charge in [0.05, 0.1) is 11.8 Å². The number of anilines is 2. The Balaban J connectivity index is 1.31. The van der Waals surface area contributed by atoms with Crippen LogP contribution in [0.25, 0.3) is 5.65 Å². The molecule has 13 heteroatoms. The first kappa shape index (κ1) is 29.0. The van der Waals surface area contributed by atoms with E-state index in [1.54, 1.807) is 28.9 Å². The van der Waals surface area contributed by atoms with Gasteiger partial charge < -0.3 is 21.1 Å². The molecule has 1 amide bonds. The molecule has 0 aliphatic carbocycles. The molecule has 0 bridgehead atoms. The van der Waals surface area contributed by atoms with Crippen LogP contribution in [-0.4, -0.2) is 74.8 Å². The second-order valence-corrected chi connectivity index (χ2v) is 9.67. The first-order valence-corrected chi connectivity index (χ1v) is 13.4. The number of aromatic nitrogens is 4. The zero-order chi connectivity index (χ0) is 29.5. The molecule has 0 spiro atoms. The summed E-state index contributed by atoms with van der Waals surface area (Å²) in [6.45, 7) is 3.54. The molecule has 42 heavy (non-hydrogen) atoms. The topological polar surface area (TPSA) is 120 Å².